The lowest BCUT2D eigenvalue weighted by molar-refractivity contribution is 0.0639. The van der Waals surface area contributed by atoms with Crippen molar-refractivity contribution in [3.63, 3.8) is 0 Å². The largest absolute Gasteiger partial charge is 0.393 e. The smallest absolute Gasteiger partial charge is 0.0568 e. The van der Waals surface area contributed by atoms with Gasteiger partial charge >= 0.3 is 0 Å². The normalized spacial score (nSPS) is 29.1. The van der Waals surface area contributed by atoms with Gasteiger partial charge in [-0.25, -0.2) is 0 Å². The second-order valence-electron chi connectivity index (χ2n) is 4.46. The van der Waals surface area contributed by atoms with E-state index < -0.39 is 0 Å². The molecule has 0 aromatic carbocycles. The van der Waals surface area contributed by atoms with Gasteiger partial charge in [-0.05, 0) is 25.2 Å². The Bertz CT molecular complexity index is 122. The summed E-state index contributed by atoms with van der Waals surface area (Å²) in [5, 5.41) is 9.73. The Morgan fingerprint density at radius 2 is 1.85 bits per heavy atom. The lowest BCUT2D eigenvalue weighted by atomic mass is 9.83. The molecule has 1 fully saturated rings. The summed E-state index contributed by atoms with van der Waals surface area (Å²) in [4.78, 5) is 0. The zero-order chi connectivity index (χ0) is 9.52. The molecule has 1 aliphatic carbocycles. The van der Waals surface area contributed by atoms with Crippen molar-refractivity contribution in [1.82, 2.24) is 0 Å². The van der Waals surface area contributed by atoms with Crippen molar-refractivity contribution in [2.75, 3.05) is 0 Å². The number of aliphatic hydroxyl groups excluding tert-OH is 1. The van der Waals surface area contributed by atoms with Crippen LogP contribution in [0.15, 0.2) is 0 Å². The fourth-order valence-corrected chi connectivity index (χ4v) is 2.36. The summed E-state index contributed by atoms with van der Waals surface area (Å²) >= 11 is 0. The van der Waals surface area contributed by atoms with Gasteiger partial charge in [0.15, 0.2) is 0 Å². The molecule has 0 amide bonds. The highest BCUT2D eigenvalue weighted by atomic mass is 16.3. The molecule has 2 atom stereocenters. The van der Waals surface area contributed by atoms with Crippen LogP contribution in [-0.2, 0) is 0 Å². The maximum atomic E-state index is 9.73. The number of aliphatic hydroxyl groups is 1. The van der Waals surface area contributed by atoms with Gasteiger partial charge in [0, 0.05) is 0 Å². The van der Waals surface area contributed by atoms with E-state index >= 15 is 0 Å². The highest BCUT2D eigenvalue weighted by Gasteiger charge is 2.21. The van der Waals surface area contributed by atoms with Crippen molar-refractivity contribution in [1.29, 1.82) is 0 Å². The first-order valence-corrected chi connectivity index (χ1v) is 6.02. The fraction of sp³-hybridized carbons (Fsp3) is 1.00. The first kappa shape index (κ1) is 11.0. The molecule has 1 N–H and O–H groups in total. The van der Waals surface area contributed by atoms with E-state index in [1.54, 1.807) is 0 Å². The van der Waals surface area contributed by atoms with Gasteiger partial charge in [-0.3, -0.25) is 0 Å². The Kier molecular flexibility index (Phi) is 5.45. The monoisotopic (exact) mass is 184 g/mol. The predicted molar refractivity (Wildman–Crippen MR) is 56.7 cm³/mol. The molecule has 1 aliphatic rings. The fourth-order valence-electron chi connectivity index (χ4n) is 2.36. The molecule has 0 heterocycles. The van der Waals surface area contributed by atoms with Crippen LogP contribution in [0.1, 0.15) is 64.7 Å². The third-order valence-electron chi connectivity index (χ3n) is 3.30. The molecule has 0 saturated heterocycles. The maximum absolute atomic E-state index is 9.73. The minimum absolute atomic E-state index is 0.0235. The van der Waals surface area contributed by atoms with Crippen LogP contribution in [0.3, 0.4) is 0 Å². The maximum Gasteiger partial charge on any atom is 0.0568 e. The first-order valence-electron chi connectivity index (χ1n) is 6.02. The topological polar surface area (TPSA) is 20.2 Å². The standard InChI is InChI=1S/C12H24O/c1-2-3-4-5-8-11-9-6-7-10-12(11)13/h11-13H,2-10H2,1H3/t11-,12+/m1/s1. The molecular formula is C12H24O. The Balaban J connectivity index is 2.05. The molecule has 1 rings (SSSR count). The third-order valence-corrected chi connectivity index (χ3v) is 3.30. The second-order valence-corrected chi connectivity index (χ2v) is 4.46. The van der Waals surface area contributed by atoms with Crippen LogP contribution in [0, 0.1) is 5.92 Å². The summed E-state index contributed by atoms with van der Waals surface area (Å²) in [6.45, 7) is 2.25. The summed E-state index contributed by atoms with van der Waals surface area (Å²) in [7, 11) is 0. The average Bonchev–Trinajstić information content (AvgIpc) is 2.15. The predicted octanol–water partition coefficient (Wildman–Crippen LogP) is 3.51. The third kappa shape index (κ3) is 4.12. The molecule has 0 aromatic heterocycles. The summed E-state index contributed by atoms with van der Waals surface area (Å²) in [6, 6.07) is 0. The summed E-state index contributed by atoms with van der Waals surface area (Å²) in [5.74, 6) is 0.630. The van der Waals surface area contributed by atoms with Crippen molar-refractivity contribution in [3.8, 4) is 0 Å². The van der Waals surface area contributed by atoms with Crippen LogP contribution in [0.5, 0.6) is 0 Å². The summed E-state index contributed by atoms with van der Waals surface area (Å²) < 4.78 is 0. The number of hydrogen-bond donors (Lipinski definition) is 1. The van der Waals surface area contributed by atoms with Crippen LogP contribution in [0.25, 0.3) is 0 Å². The van der Waals surface area contributed by atoms with Crippen molar-refractivity contribution < 1.29 is 5.11 Å². The van der Waals surface area contributed by atoms with E-state index in [1.165, 1.54) is 51.4 Å². The average molecular weight is 184 g/mol. The van der Waals surface area contributed by atoms with Crippen molar-refractivity contribution >= 4 is 0 Å². The van der Waals surface area contributed by atoms with Crippen LogP contribution >= 0.6 is 0 Å². The molecule has 0 aromatic rings. The molecule has 0 radical (unpaired) electrons. The number of unbranched alkanes of at least 4 members (excludes halogenated alkanes) is 3. The van der Waals surface area contributed by atoms with Crippen LogP contribution in [-0.4, -0.2) is 11.2 Å². The number of rotatable bonds is 5. The zero-order valence-corrected chi connectivity index (χ0v) is 8.97. The molecule has 78 valence electrons. The van der Waals surface area contributed by atoms with E-state index in [2.05, 4.69) is 6.92 Å². The molecule has 1 heteroatoms. The molecule has 0 aliphatic heterocycles. The summed E-state index contributed by atoms with van der Waals surface area (Å²) in [5.41, 5.74) is 0. The van der Waals surface area contributed by atoms with Gasteiger partial charge in [0.2, 0.25) is 0 Å². The molecule has 13 heavy (non-hydrogen) atoms. The lowest BCUT2D eigenvalue weighted by Gasteiger charge is -2.27. The SMILES string of the molecule is CCCCCC[C@@H]1CCCC[C@@H]1O. The Hall–Kier alpha value is -0.0400. The molecular weight excluding hydrogens is 160 g/mol. The first-order chi connectivity index (χ1) is 6.34. The van der Waals surface area contributed by atoms with E-state index in [0.717, 1.165) is 6.42 Å². The second kappa shape index (κ2) is 6.42. The van der Waals surface area contributed by atoms with E-state index in [0.29, 0.717) is 5.92 Å². The highest BCUT2D eigenvalue weighted by molar-refractivity contribution is 4.74. The van der Waals surface area contributed by atoms with Crippen molar-refractivity contribution in [3.05, 3.63) is 0 Å². The van der Waals surface area contributed by atoms with E-state index in [9.17, 15) is 5.11 Å². The van der Waals surface area contributed by atoms with Gasteiger partial charge in [-0.1, -0.05) is 45.4 Å². The van der Waals surface area contributed by atoms with Crippen LogP contribution in [0.2, 0.25) is 0 Å². The van der Waals surface area contributed by atoms with Crippen LogP contribution < -0.4 is 0 Å². The van der Waals surface area contributed by atoms with E-state index in [4.69, 9.17) is 0 Å². The molecule has 0 spiro atoms. The Labute approximate surface area is 82.5 Å². The highest BCUT2D eigenvalue weighted by Crippen LogP contribution is 2.28. The quantitative estimate of drug-likeness (QED) is 0.648. The van der Waals surface area contributed by atoms with E-state index in [1.807, 2.05) is 0 Å². The van der Waals surface area contributed by atoms with Gasteiger partial charge in [-0.15, -0.1) is 0 Å². The lowest BCUT2D eigenvalue weighted by Crippen LogP contribution is -2.24. The van der Waals surface area contributed by atoms with Gasteiger partial charge in [0.25, 0.3) is 0 Å². The van der Waals surface area contributed by atoms with E-state index in [-0.39, 0.29) is 6.10 Å². The summed E-state index contributed by atoms with van der Waals surface area (Å²) in [6.07, 6.45) is 11.6. The molecule has 1 nitrogen and oxygen atoms in total. The van der Waals surface area contributed by atoms with Gasteiger partial charge in [0.05, 0.1) is 6.10 Å². The van der Waals surface area contributed by atoms with Gasteiger partial charge in [0.1, 0.15) is 0 Å². The van der Waals surface area contributed by atoms with Gasteiger partial charge in [-0.2, -0.15) is 0 Å². The minimum atomic E-state index is 0.0235. The minimum Gasteiger partial charge on any atom is -0.393 e. The number of hydrogen-bond acceptors (Lipinski definition) is 1. The Morgan fingerprint density at radius 1 is 1.08 bits per heavy atom. The van der Waals surface area contributed by atoms with Gasteiger partial charge < -0.3 is 5.11 Å². The molecule has 0 unspecified atom stereocenters. The molecule has 0 bridgehead atoms. The van der Waals surface area contributed by atoms with Crippen LogP contribution in [0.4, 0.5) is 0 Å². The molecule has 1 saturated carbocycles. The Morgan fingerprint density at radius 3 is 2.54 bits per heavy atom. The van der Waals surface area contributed by atoms with Crippen molar-refractivity contribution in [2.45, 2.75) is 70.8 Å². The van der Waals surface area contributed by atoms with Crippen molar-refractivity contribution in [2.24, 2.45) is 5.92 Å². The zero-order valence-electron chi connectivity index (χ0n) is 8.97.